The smallest absolute Gasteiger partial charge is 0.238 e. The van der Waals surface area contributed by atoms with Crippen LogP contribution in [-0.4, -0.2) is 12.3 Å². The van der Waals surface area contributed by atoms with Crippen LogP contribution in [0.3, 0.4) is 0 Å². The Morgan fingerprint density at radius 3 is 2.36 bits per heavy atom. The van der Waals surface area contributed by atoms with Crippen LogP contribution in [0.25, 0.3) is 0 Å². The van der Waals surface area contributed by atoms with Crippen LogP contribution >= 0.6 is 0 Å². The second kappa shape index (κ2) is 3.95. The van der Waals surface area contributed by atoms with E-state index in [1.54, 1.807) is 0 Å². The molecule has 4 heteroatoms. The molecule has 0 aliphatic heterocycles. The van der Waals surface area contributed by atoms with Crippen molar-refractivity contribution in [3.05, 3.63) is 0 Å². The number of nitrogens with one attached hydrogen (secondary N) is 2. The van der Waals surface area contributed by atoms with E-state index in [1.807, 2.05) is 20.8 Å². The topological polar surface area (TPSA) is 58.2 Å². The first kappa shape index (κ1) is 9.94. The summed E-state index contributed by atoms with van der Waals surface area (Å²) < 4.78 is 0. The van der Waals surface area contributed by atoms with E-state index in [4.69, 9.17) is 0 Å². The van der Waals surface area contributed by atoms with E-state index in [9.17, 15) is 9.59 Å². The van der Waals surface area contributed by atoms with Gasteiger partial charge in [0.25, 0.3) is 0 Å². The molecule has 0 aliphatic carbocycles. The van der Waals surface area contributed by atoms with Crippen LogP contribution in [0.4, 0.5) is 0 Å². The SMILES string of the molecule is CC(C)(C)CC(=O)NNC=O. The highest BCUT2D eigenvalue weighted by molar-refractivity contribution is 5.77. The van der Waals surface area contributed by atoms with Crippen LogP contribution in [0.5, 0.6) is 0 Å². The van der Waals surface area contributed by atoms with E-state index < -0.39 is 0 Å². The molecule has 2 N–H and O–H groups in total. The molecule has 0 saturated heterocycles. The highest BCUT2D eigenvalue weighted by Crippen LogP contribution is 2.17. The first-order valence-corrected chi connectivity index (χ1v) is 3.44. The second-order valence-electron chi connectivity index (χ2n) is 3.55. The third-order valence-corrected chi connectivity index (χ3v) is 0.961. The fourth-order valence-corrected chi connectivity index (χ4v) is 0.636. The summed E-state index contributed by atoms with van der Waals surface area (Å²) in [4.78, 5) is 20.6. The van der Waals surface area contributed by atoms with E-state index >= 15 is 0 Å². The Hall–Kier alpha value is -1.06. The predicted octanol–water partition coefficient (Wildman–Crippen LogP) is 0.200. The highest BCUT2D eigenvalue weighted by atomic mass is 16.2. The second-order valence-corrected chi connectivity index (χ2v) is 3.55. The van der Waals surface area contributed by atoms with Gasteiger partial charge in [-0.25, -0.2) is 0 Å². The Labute approximate surface area is 66.3 Å². The summed E-state index contributed by atoms with van der Waals surface area (Å²) in [6, 6.07) is 0. The average molecular weight is 158 g/mol. The van der Waals surface area contributed by atoms with Crippen molar-refractivity contribution in [1.82, 2.24) is 10.9 Å². The monoisotopic (exact) mass is 158 g/mol. The number of carbonyl (C=O) groups is 2. The normalized spacial score (nSPS) is 10.5. The number of hydrogen-bond donors (Lipinski definition) is 2. The number of hydrazine groups is 1. The molecule has 0 saturated carbocycles. The summed E-state index contributed by atoms with van der Waals surface area (Å²) in [5.74, 6) is -0.176. The number of amides is 2. The van der Waals surface area contributed by atoms with E-state index in [1.165, 1.54) is 0 Å². The van der Waals surface area contributed by atoms with E-state index in [0.717, 1.165) is 0 Å². The minimum atomic E-state index is -0.176. The van der Waals surface area contributed by atoms with E-state index in [0.29, 0.717) is 12.8 Å². The lowest BCUT2D eigenvalue weighted by molar-refractivity contribution is -0.126. The van der Waals surface area contributed by atoms with Crippen molar-refractivity contribution in [1.29, 1.82) is 0 Å². The molecular weight excluding hydrogens is 144 g/mol. The van der Waals surface area contributed by atoms with Crippen LogP contribution in [0.15, 0.2) is 0 Å². The Bertz CT molecular complexity index is 149. The molecule has 2 amide bonds. The zero-order valence-corrected chi connectivity index (χ0v) is 7.10. The van der Waals surface area contributed by atoms with Crippen molar-refractivity contribution in [2.24, 2.45) is 5.41 Å². The first-order chi connectivity index (χ1) is 4.95. The fraction of sp³-hybridized carbons (Fsp3) is 0.714. The lowest BCUT2D eigenvalue weighted by Gasteiger charge is -2.16. The molecule has 0 bridgehead atoms. The summed E-state index contributed by atoms with van der Waals surface area (Å²) in [6.07, 6.45) is 0.828. The Kier molecular flexibility index (Phi) is 3.57. The molecule has 0 aromatic carbocycles. The van der Waals surface area contributed by atoms with Gasteiger partial charge in [0.1, 0.15) is 0 Å². The van der Waals surface area contributed by atoms with Crippen molar-refractivity contribution < 1.29 is 9.59 Å². The van der Waals surface area contributed by atoms with Gasteiger partial charge in [0.05, 0.1) is 0 Å². The molecule has 0 fully saturated rings. The van der Waals surface area contributed by atoms with Gasteiger partial charge in [-0.3, -0.25) is 20.4 Å². The largest absolute Gasteiger partial charge is 0.277 e. The molecule has 0 aliphatic rings. The summed E-state index contributed by atoms with van der Waals surface area (Å²) >= 11 is 0. The van der Waals surface area contributed by atoms with Gasteiger partial charge in [0.15, 0.2) is 0 Å². The third-order valence-electron chi connectivity index (χ3n) is 0.961. The highest BCUT2D eigenvalue weighted by Gasteiger charge is 2.14. The molecule has 0 unspecified atom stereocenters. The van der Waals surface area contributed by atoms with Gasteiger partial charge in [-0.15, -0.1) is 0 Å². The average Bonchev–Trinajstić information content (AvgIpc) is 1.79. The molecule has 0 radical (unpaired) electrons. The summed E-state index contributed by atoms with van der Waals surface area (Å²) in [7, 11) is 0. The quantitative estimate of drug-likeness (QED) is 0.455. The molecule has 11 heavy (non-hydrogen) atoms. The van der Waals surface area contributed by atoms with Crippen LogP contribution in [0.2, 0.25) is 0 Å². The zero-order valence-electron chi connectivity index (χ0n) is 7.10. The molecule has 0 spiro atoms. The molecule has 4 nitrogen and oxygen atoms in total. The van der Waals surface area contributed by atoms with Gasteiger partial charge in [-0.05, 0) is 5.41 Å². The Balaban J connectivity index is 3.61. The maximum absolute atomic E-state index is 10.9. The number of hydrogen-bond acceptors (Lipinski definition) is 2. The van der Waals surface area contributed by atoms with Crippen molar-refractivity contribution >= 4 is 12.3 Å². The van der Waals surface area contributed by atoms with Crippen LogP contribution in [0.1, 0.15) is 27.2 Å². The lowest BCUT2D eigenvalue weighted by atomic mass is 9.92. The Morgan fingerprint density at radius 2 is 2.00 bits per heavy atom. The minimum absolute atomic E-state index is 0.0470. The van der Waals surface area contributed by atoms with Crippen LogP contribution < -0.4 is 10.9 Å². The van der Waals surface area contributed by atoms with Crippen LogP contribution in [0, 0.1) is 5.41 Å². The van der Waals surface area contributed by atoms with Gasteiger partial charge in [-0.1, -0.05) is 20.8 Å². The van der Waals surface area contributed by atoms with Crippen LogP contribution in [-0.2, 0) is 9.59 Å². The number of carbonyl (C=O) groups excluding carboxylic acids is 2. The molecule has 0 atom stereocenters. The van der Waals surface area contributed by atoms with Gasteiger partial charge in [0, 0.05) is 6.42 Å². The maximum atomic E-state index is 10.9. The molecule has 0 aromatic rings. The van der Waals surface area contributed by atoms with Crippen molar-refractivity contribution in [2.45, 2.75) is 27.2 Å². The standard InChI is InChI=1S/C7H14N2O2/c1-7(2,3)4-6(11)9-8-5-10/h5H,4H2,1-3H3,(H,8,10)(H,9,11). The molecule has 0 heterocycles. The summed E-state index contributed by atoms with van der Waals surface area (Å²) in [5, 5.41) is 0. The molecule has 64 valence electrons. The summed E-state index contributed by atoms with van der Waals surface area (Å²) in [5.41, 5.74) is 4.28. The van der Waals surface area contributed by atoms with Crippen molar-refractivity contribution in [2.75, 3.05) is 0 Å². The van der Waals surface area contributed by atoms with E-state index in [-0.39, 0.29) is 11.3 Å². The van der Waals surface area contributed by atoms with E-state index in [2.05, 4.69) is 10.9 Å². The van der Waals surface area contributed by atoms with Gasteiger partial charge < -0.3 is 0 Å². The number of rotatable bonds is 3. The predicted molar refractivity (Wildman–Crippen MR) is 41.4 cm³/mol. The fourth-order valence-electron chi connectivity index (χ4n) is 0.636. The molecule has 0 rings (SSSR count). The minimum Gasteiger partial charge on any atom is -0.277 e. The summed E-state index contributed by atoms with van der Waals surface area (Å²) in [6.45, 7) is 5.86. The van der Waals surface area contributed by atoms with Gasteiger partial charge in [-0.2, -0.15) is 0 Å². The van der Waals surface area contributed by atoms with Gasteiger partial charge in [0.2, 0.25) is 12.3 Å². The van der Waals surface area contributed by atoms with Crippen molar-refractivity contribution in [3.63, 3.8) is 0 Å². The third kappa shape index (κ3) is 6.83. The molecular formula is C7H14N2O2. The zero-order chi connectivity index (χ0) is 8.91. The maximum Gasteiger partial charge on any atom is 0.238 e. The first-order valence-electron chi connectivity index (χ1n) is 3.44. The Morgan fingerprint density at radius 1 is 1.45 bits per heavy atom. The van der Waals surface area contributed by atoms with Gasteiger partial charge >= 0.3 is 0 Å². The molecule has 0 aromatic heterocycles. The van der Waals surface area contributed by atoms with Crippen molar-refractivity contribution in [3.8, 4) is 0 Å². The lowest BCUT2D eigenvalue weighted by Crippen LogP contribution is -2.38.